The maximum absolute atomic E-state index is 12.9. The van der Waals surface area contributed by atoms with Crippen molar-refractivity contribution in [3.05, 3.63) is 64.3 Å². The Morgan fingerprint density at radius 2 is 1.94 bits per heavy atom. The number of phenolic OH excluding ortho intramolecular Hbond substituents is 1. The summed E-state index contributed by atoms with van der Waals surface area (Å²) in [6.45, 7) is 0. The van der Waals surface area contributed by atoms with Gasteiger partial charge in [-0.25, -0.2) is 18.0 Å². The van der Waals surface area contributed by atoms with Crippen molar-refractivity contribution in [1.82, 2.24) is 10.6 Å². The number of sulfone groups is 1. The van der Waals surface area contributed by atoms with Crippen LogP contribution >= 0.6 is 11.6 Å². The molecule has 0 saturated heterocycles. The highest BCUT2D eigenvalue weighted by Crippen LogP contribution is 2.34. The highest BCUT2D eigenvalue weighted by atomic mass is 35.5. The molecule has 0 aliphatic carbocycles. The number of methoxy groups -OCH3 is 2. The van der Waals surface area contributed by atoms with Crippen LogP contribution in [0.5, 0.6) is 11.5 Å². The number of benzene rings is 2. The number of rotatable bonds is 6. The molecule has 0 aromatic heterocycles. The van der Waals surface area contributed by atoms with Gasteiger partial charge in [-0.05, 0) is 35.9 Å². The third kappa shape index (κ3) is 4.75. The van der Waals surface area contributed by atoms with Crippen LogP contribution in [0, 0.1) is 0 Å². The zero-order valence-electron chi connectivity index (χ0n) is 16.5. The second-order valence-corrected chi connectivity index (χ2v) is 8.99. The summed E-state index contributed by atoms with van der Waals surface area (Å²) < 4.78 is 35.8. The number of amides is 2. The van der Waals surface area contributed by atoms with Gasteiger partial charge in [-0.3, -0.25) is 0 Å². The van der Waals surface area contributed by atoms with Gasteiger partial charge in [0.1, 0.15) is 0 Å². The monoisotopic (exact) mass is 466 g/mol. The molecule has 3 rings (SSSR count). The van der Waals surface area contributed by atoms with Crippen molar-refractivity contribution < 1.29 is 32.6 Å². The van der Waals surface area contributed by atoms with Crippen molar-refractivity contribution in [2.24, 2.45) is 0 Å². The normalized spacial score (nSPS) is 16.4. The lowest BCUT2D eigenvalue weighted by molar-refractivity contribution is -0.136. The van der Waals surface area contributed by atoms with Crippen LogP contribution in [0.15, 0.2) is 58.6 Å². The minimum Gasteiger partial charge on any atom is -0.504 e. The summed E-state index contributed by atoms with van der Waals surface area (Å²) >= 11 is 5.90. The molecule has 11 heteroatoms. The van der Waals surface area contributed by atoms with Crippen LogP contribution in [0.3, 0.4) is 0 Å². The quantitative estimate of drug-likeness (QED) is 0.556. The first-order chi connectivity index (χ1) is 14.7. The predicted molar refractivity (Wildman–Crippen MR) is 112 cm³/mol. The first-order valence-electron chi connectivity index (χ1n) is 8.90. The molecular formula is C20H19ClN2O7S. The number of hydrogen-bond acceptors (Lipinski definition) is 7. The van der Waals surface area contributed by atoms with E-state index in [9.17, 15) is 23.1 Å². The van der Waals surface area contributed by atoms with Crippen LogP contribution in [0.25, 0.3) is 0 Å². The van der Waals surface area contributed by atoms with Crippen LogP contribution in [-0.2, 0) is 19.4 Å². The van der Waals surface area contributed by atoms with E-state index in [1.54, 1.807) is 0 Å². The van der Waals surface area contributed by atoms with Gasteiger partial charge in [0.15, 0.2) is 21.3 Å². The van der Waals surface area contributed by atoms with Gasteiger partial charge in [0, 0.05) is 10.7 Å². The summed E-state index contributed by atoms with van der Waals surface area (Å²) in [5.74, 6) is -1.53. The molecule has 164 valence electrons. The van der Waals surface area contributed by atoms with E-state index in [1.165, 1.54) is 49.6 Å². The highest BCUT2D eigenvalue weighted by molar-refractivity contribution is 7.91. The Balaban J connectivity index is 2.12. The van der Waals surface area contributed by atoms with Gasteiger partial charge in [0.2, 0.25) is 0 Å². The molecule has 1 aliphatic rings. The fraction of sp³-hybridized carbons (Fsp3) is 0.200. The summed E-state index contributed by atoms with van der Waals surface area (Å²) in [6.07, 6.45) is 0. The van der Waals surface area contributed by atoms with Gasteiger partial charge in [0.25, 0.3) is 0 Å². The number of carbonyl (C=O) groups is 2. The Labute approximate surface area is 183 Å². The number of carbonyl (C=O) groups excluding carboxylic acids is 2. The Hall–Kier alpha value is -3.24. The van der Waals surface area contributed by atoms with E-state index in [0.29, 0.717) is 5.56 Å². The van der Waals surface area contributed by atoms with Crippen LogP contribution in [-0.4, -0.2) is 45.5 Å². The molecule has 3 N–H and O–H groups in total. The summed E-state index contributed by atoms with van der Waals surface area (Å²) in [5.41, 5.74) is 0.149. The van der Waals surface area contributed by atoms with E-state index in [4.69, 9.17) is 21.1 Å². The van der Waals surface area contributed by atoms with Crippen molar-refractivity contribution >= 4 is 33.4 Å². The summed E-state index contributed by atoms with van der Waals surface area (Å²) in [4.78, 5) is 24.8. The number of ether oxygens (including phenoxy) is 2. The average molecular weight is 467 g/mol. The molecule has 0 bridgehead atoms. The number of halogens is 1. The maximum Gasteiger partial charge on any atom is 0.338 e. The number of hydrogen-bond donors (Lipinski definition) is 3. The van der Waals surface area contributed by atoms with E-state index in [2.05, 4.69) is 10.6 Å². The predicted octanol–water partition coefficient (Wildman–Crippen LogP) is 2.31. The Bertz CT molecular complexity index is 1180. The third-order valence-corrected chi connectivity index (χ3v) is 6.46. The zero-order valence-corrected chi connectivity index (χ0v) is 18.1. The van der Waals surface area contributed by atoms with E-state index in [1.807, 2.05) is 0 Å². The van der Waals surface area contributed by atoms with E-state index < -0.39 is 33.6 Å². The fourth-order valence-electron chi connectivity index (χ4n) is 3.14. The third-order valence-electron chi connectivity index (χ3n) is 4.59. The van der Waals surface area contributed by atoms with Crippen LogP contribution in [0.4, 0.5) is 4.79 Å². The molecule has 0 saturated carbocycles. The van der Waals surface area contributed by atoms with Gasteiger partial charge in [-0.2, -0.15) is 0 Å². The van der Waals surface area contributed by atoms with Gasteiger partial charge in [-0.15, -0.1) is 0 Å². The van der Waals surface area contributed by atoms with Gasteiger partial charge >= 0.3 is 12.0 Å². The summed E-state index contributed by atoms with van der Waals surface area (Å²) in [5, 5.41) is 15.0. The van der Waals surface area contributed by atoms with E-state index in [-0.39, 0.29) is 32.7 Å². The average Bonchev–Trinajstić information content (AvgIpc) is 2.73. The number of nitrogens with one attached hydrogen (secondary N) is 2. The van der Waals surface area contributed by atoms with Crippen LogP contribution in [0.2, 0.25) is 5.02 Å². The molecule has 2 aromatic rings. The van der Waals surface area contributed by atoms with Crippen molar-refractivity contribution in [3.8, 4) is 11.5 Å². The minimum atomic E-state index is -3.96. The maximum atomic E-state index is 12.9. The first kappa shape index (κ1) is 22.4. The van der Waals surface area contributed by atoms with Crippen LogP contribution < -0.4 is 15.4 Å². The number of esters is 1. The second kappa shape index (κ2) is 8.86. The molecule has 2 aromatic carbocycles. The Kier molecular flexibility index (Phi) is 6.42. The summed E-state index contributed by atoms with van der Waals surface area (Å²) in [7, 11) is -1.47. The fourth-order valence-corrected chi connectivity index (χ4v) is 4.76. The van der Waals surface area contributed by atoms with Gasteiger partial charge < -0.3 is 25.2 Å². The van der Waals surface area contributed by atoms with Gasteiger partial charge in [-0.1, -0.05) is 23.7 Å². The van der Waals surface area contributed by atoms with Crippen molar-refractivity contribution in [1.29, 1.82) is 0 Å². The molecule has 2 amide bonds. The molecule has 9 nitrogen and oxygen atoms in total. The number of urea groups is 1. The lowest BCUT2D eigenvalue weighted by Crippen LogP contribution is -2.47. The van der Waals surface area contributed by atoms with Crippen molar-refractivity contribution in [2.75, 3.05) is 20.0 Å². The van der Waals surface area contributed by atoms with E-state index >= 15 is 0 Å². The molecule has 0 fully saturated rings. The van der Waals surface area contributed by atoms with Crippen molar-refractivity contribution in [2.45, 2.75) is 10.9 Å². The number of phenols is 1. The molecule has 1 unspecified atom stereocenters. The van der Waals surface area contributed by atoms with E-state index in [0.717, 1.165) is 7.11 Å². The topological polar surface area (TPSA) is 131 Å². The molecule has 1 atom stereocenters. The lowest BCUT2D eigenvalue weighted by atomic mass is 9.95. The largest absolute Gasteiger partial charge is 0.504 e. The molecule has 0 radical (unpaired) electrons. The highest BCUT2D eigenvalue weighted by Gasteiger charge is 2.36. The number of aromatic hydroxyl groups is 1. The smallest absolute Gasteiger partial charge is 0.338 e. The Morgan fingerprint density at radius 1 is 1.19 bits per heavy atom. The van der Waals surface area contributed by atoms with Crippen molar-refractivity contribution in [3.63, 3.8) is 0 Å². The molecule has 0 spiro atoms. The minimum absolute atomic E-state index is 0.0626. The molecular weight excluding hydrogens is 448 g/mol. The molecule has 31 heavy (non-hydrogen) atoms. The summed E-state index contributed by atoms with van der Waals surface area (Å²) in [6, 6.07) is 8.14. The van der Waals surface area contributed by atoms with Crippen LogP contribution in [0.1, 0.15) is 11.6 Å². The first-order valence-corrected chi connectivity index (χ1v) is 10.9. The molecule has 1 heterocycles. The molecule has 1 aliphatic heterocycles. The standard InChI is InChI=1S/C20H19ClN2O7S/c1-29-16-8-11(6-7-15(16)24)18-17(19(25)30-2)14(22-20(26)23-18)10-31(27,28)13-5-3-4-12(21)9-13/h3-9,18,24H,10H2,1-2H3,(H2,22,23,26). The lowest BCUT2D eigenvalue weighted by Gasteiger charge is -2.29. The SMILES string of the molecule is COC(=O)C1=C(CS(=O)(=O)c2cccc(Cl)c2)NC(=O)NC1c1ccc(O)c(OC)c1. The Morgan fingerprint density at radius 3 is 2.58 bits per heavy atom. The van der Waals surface area contributed by atoms with Gasteiger partial charge in [0.05, 0.1) is 36.5 Å². The zero-order chi connectivity index (χ0) is 22.8. The second-order valence-electron chi connectivity index (χ2n) is 6.56.